The number of thioether (sulfide) groups is 2. The maximum atomic E-state index is 12.6. The number of nitrogens with zero attached hydrogens (tertiary/aromatic N) is 3. The summed E-state index contributed by atoms with van der Waals surface area (Å²) >= 11 is 1.20. The number of allylic oxidation sites excluding steroid dienone is 1. The second-order valence-electron chi connectivity index (χ2n) is 6.19. The van der Waals surface area contributed by atoms with Crippen LogP contribution < -0.4 is 5.32 Å². The van der Waals surface area contributed by atoms with Crippen LogP contribution in [0.2, 0.25) is 0 Å². The van der Waals surface area contributed by atoms with Gasteiger partial charge in [-0.2, -0.15) is 26.3 Å². The van der Waals surface area contributed by atoms with E-state index in [0.717, 1.165) is 6.20 Å². The molecule has 0 bridgehead atoms. The average molecular weight is 491 g/mol. The second-order valence-corrected chi connectivity index (χ2v) is 8.64. The molecule has 3 rings (SSSR count). The summed E-state index contributed by atoms with van der Waals surface area (Å²) in [6.45, 7) is 1.91. The topological polar surface area (TPSA) is 66.1 Å². The number of aromatic nitrogens is 3. The number of alkyl halides is 6. The molecule has 0 aromatic carbocycles. The Kier molecular flexibility index (Phi) is 7.08. The lowest BCUT2D eigenvalue weighted by Gasteiger charge is -2.08. The molecule has 0 aliphatic heterocycles. The smallest absolute Gasteiger partial charge is 0.360 e. The van der Waals surface area contributed by atoms with Crippen molar-refractivity contribution in [3.8, 4) is 11.4 Å². The minimum Gasteiger partial charge on any atom is -0.360 e. The fourth-order valence-electron chi connectivity index (χ4n) is 2.57. The van der Waals surface area contributed by atoms with E-state index in [2.05, 4.69) is 15.3 Å². The molecular formula is C19H15F6N5S2. The lowest BCUT2D eigenvalue weighted by molar-refractivity contribution is -0.0584. The zero-order valence-electron chi connectivity index (χ0n) is 16.3. The predicted octanol–water partition coefficient (Wildman–Crippen LogP) is 6.63. The summed E-state index contributed by atoms with van der Waals surface area (Å²) in [5.74, 6) is 0.673. The fourth-order valence-corrected chi connectivity index (χ4v) is 3.95. The van der Waals surface area contributed by atoms with Gasteiger partial charge in [0, 0.05) is 28.4 Å². The number of pyridine rings is 2. The first-order valence-electron chi connectivity index (χ1n) is 8.93. The van der Waals surface area contributed by atoms with Crippen molar-refractivity contribution >= 4 is 40.6 Å². The third-order valence-electron chi connectivity index (χ3n) is 3.87. The molecule has 0 saturated carbocycles. The molecule has 0 fully saturated rings. The Morgan fingerprint density at radius 1 is 1.22 bits per heavy atom. The highest BCUT2D eigenvalue weighted by Gasteiger charge is 2.32. The van der Waals surface area contributed by atoms with Crippen molar-refractivity contribution in [2.45, 2.75) is 28.4 Å². The minimum atomic E-state index is -4.73. The van der Waals surface area contributed by atoms with Gasteiger partial charge in [-0.1, -0.05) is 6.92 Å². The Morgan fingerprint density at radius 3 is 2.62 bits per heavy atom. The molecule has 5 nitrogen and oxygen atoms in total. The van der Waals surface area contributed by atoms with Crippen molar-refractivity contribution in [3.63, 3.8) is 0 Å². The van der Waals surface area contributed by atoms with Crippen molar-refractivity contribution in [2.75, 3.05) is 11.1 Å². The van der Waals surface area contributed by atoms with E-state index in [4.69, 9.17) is 5.41 Å². The van der Waals surface area contributed by atoms with Crippen LogP contribution in [0.3, 0.4) is 0 Å². The zero-order chi connectivity index (χ0) is 23.5. The summed E-state index contributed by atoms with van der Waals surface area (Å²) in [5.41, 5.74) is -4.25. The van der Waals surface area contributed by atoms with Crippen LogP contribution in [0.25, 0.3) is 17.0 Å². The molecule has 2 N–H and O–H groups in total. The fraction of sp³-hybridized carbons (Fsp3) is 0.211. The first kappa shape index (κ1) is 24.0. The lowest BCUT2D eigenvalue weighted by Crippen LogP contribution is -2.19. The van der Waals surface area contributed by atoms with Crippen LogP contribution in [0.15, 0.2) is 58.9 Å². The number of hydrogen-bond acceptors (Lipinski definition) is 6. The summed E-state index contributed by atoms with van der Waals surface area (Å²) in [6.07, 6.45) is 1.37. The molecule has 0 aliphatic rings. The number of imidazole rings is 1. The quantitative estimate of drug-likeness (QED) is 0.221. The van der Waals surface area contributed by atoms with Crippen LogP contribution in [0.5, 0.6) is 0 Å². The standard InChI is InChI=1S/C19H15F6N5S2/c1-2-31-14-7-11(27-5-3-15(26)18(20,21)22)9-28-17(14)13-10-30-6-4-12(8-16(30)29-13)32-19(23,24)25/h3-10,26-27H,2H2,1H3/b5-3-,26-15?. The van der Waals surface area contributed by atoms with E-state index in [1.54, 1.807) is 16.7 Å². The van der Waals surface area contributed by atoms with Crippen molar-refractivity contribution in [1.82, 2.24) is 14.4 Å². The van der Waals surface area contributed by atoms with E-state index in [1.807, 2.05) is 6.92 Å². The highest BCUT2D eigenvalue weighted by molar-refractivity contribution is 8.00. The van der Waals surface area contributed by atoms with Gasteiger partial charge in [0.25, 0.3) is 0 Å². The van der Waals surface area contributed by atoms with Crippen LogP contribution in [0.1, 0.15) is 6.92 Å². The average Bonchev–Trinajstić information content (AvgIpc) is 3.09. The van der Waals surface area contributed by atoms with E-state index in [-0.39, 0.29) is 16.7 Å². The Bertz CT molecular complexity index is 1150. The van der Waals surface area contributed by atoms with Gasteiger partial charge in [0.1, 0.15) is 22.7 Å². The van der Waals surface area contributed by atoms with Crippen LogP contribution in [0.4, 0.5) is 32.0 Å². The van der Waals surface area contributed by atoms with Crippen molar-refractivity contribution < 1.29 is 26.3 Å². The second kappa shape index (κ2) is 9.45. The first-order chi connectivity index (χ1) is 15.0. The Balaban J connectivity index is 1.87. The molecule has 3 heterocycles. The van der Waals surface area contributed by atoms with E-state index in [1.165, 1.54) is 36.3 Å². The summed E-state index contributed by atoms with van der Waals surface area (Å²) < 4.78 is 76.6. The van der Waals surface area contributed by atoms with Crippen LogP contribution in [0, 0.1) is 5.41 Å². The third-order valence-corrected chi connectivity index (χ3v) is 5.50. The van der Waals surface area contributed by atoms with Gasteiger partial charge < -0.3 is 9.72 Å². The van der Waals surface area contributed by atoms with Crippen molar-refractivity contribution in [3.05, 3.63) is 49.1 Å². The van der Waals surface area contributed by atoms with Gasteiger partial charge in [0.2, 0.25) is 0 Å². The zero-order valence-corrected chi connectivity index (χ0v) is 17.9. The minimum absolute atomic E-state index is 0.00836. The van der Waals surface area contributed by atoms with Gasteiger partial charge in [-0.05, 0) is 41.8 Å². The number of hydrogen-bond donors (Lipinski definition) is 2. The molecule has 0 spiro atoms. The Hall–Kier alpha value is -2.67. The first-order valence-corrected chi connectivity index (χ1v) is 10.7. The monoisotopic (exact) mass is 491 g/mol. The number of anilines is 1. The van der Waals surface area contributed by atoms with Gasteiger partial charge in [-0.3, -0.25) is 10.4 Å². The van der Waals surface area contributed by atoms with Gasteiger partial charge in [0.05, 0.1) is 11.9 Å². The normalized spacial score (nSPS) is 12.6. The van der Waals surface area contributed by atoms with Crippen LogP contribution in [-0.2, 0) is 0 Å². The third kappa shape index (κ3) is 6.19. The molecule has 3 aromatic heterocycles. The van der Waals surface area contributed by atoms with E-state index in [0.29, 0.717) is 39.4 Å². The molecule has 13 heteroatoms. The SMILES string of the molecule is CCSc1cc(N/C=C\C(=N)C(F)(F)F)cnc1-c1cn2ccc(SC(F)(F)F)cc2n1. The van der Waals surface area contributed by atoms with Gasteiger partial charge in [-0.25, -0.2) is 4.98 Å². The highest BCUT2D eigenvalue weighted by Crippen LogP contribution is 2.37. The largest absolute Gasteiger partial charge is 0.446 e. The van der Waals surface area contributed by atoms with Crippen molar-refractivity contribution in [1.29, 1.82) is 5.41 Å². The summed E-state index contributed by atoms with van der Waals surface area (Å²) in [5, 5.41) is 9.58. The number of halogens is 6. The van der Waals surface area contributed by atoms with E-state index >= 15 is 0 Å². The van der Waals surface area contributed by atoms with Gasteiger partial charge in [0.15, 0.2) is 0 Å². The maximum Gasteiger partial charge on any atom is 0.446 e. The lowest BCUT2D eigenvalue weighted by atomic mass is 10.2. The molecule has 3 aromatic rings. The summed E-state index contributed by atoms with van der Waals surface area (Å²) in [4.78, 5) is 9.41. The molecular weight excluding hydrogens is 476 g/mol. The molecule has 0 aliphatic carbocycles. The van der Waals surface area contributed by atoms with Gasteiger partial charge in [-0.15, -0.1) is 11.8 Å². The van der Waals surface area contributed by atoms with Crippen molar-refractivity contribution in [2.24, 2.45) is 0 Å². The van der Waals surface area contributed by atoms with E-state index < -0.39 is 17.4 Å². The maximum absolute atomic E-state index is 12.6. The predicted molar refractivity (Wildman–Crippen MR) is 113 cm³/mol. The highest BCUT2D eigenvalue weighted by atomic mass is 32.2. The molecule has 0 unspecified atom stereocenters. The summed E-state index contributed by atoms with van der Waals surface area (Å²) in [6, 6.07) is 4.33. The molecule has 0 amide bonds. The Morgan fingerprint density at radius 2 is 1.97 bits per heavy atom. The van der Waals surface area contributed by atoms with E-state index in [9.17, 15) is 26.3 Å². The molecule has 32 heavy (non-hydrogen) atoms. The molecule has 0 radical (unpaired) electrons. The molecule has 0 saturated heterocycles. The van der Waals surface area contributed by atoms with Crippen LogP contribution >= 0.6 is 23.5 Å². The molecule has 0 atom stereocenters. The van der Waals surface area contributed by atoms with Gasteiger partial charge >= 0.3 is 11.7 Å². The number of fused-ring (bicyclic) bond motifs is 1. The molecule has 170 valence electrons. The Labute approximate surface area is 186 Å². The number of rotatable bonds is 7. The number of nitrogens with one attached hydrogen (secondary N) is 2. The van der Waals surface area contributed by atoms with Crippen LogP contribution in [-0.4, -0.2) is 37.5 Å². The summed E-state index contributed by atoms with van der Waals surface area (Å²) in [7, 11) is 0.